The Bertz CT molecular complexity index is 990. The van der Waals surface area contributed by atoms with Crippen LogP contribution in [0.4, 0.5) is 0 Å². The summed E-state index contributed by atoms with van der Waals surface area (Å²) in [6.07, 6.45) is 4.06. The Morgan fingerprint density at radius 3 is 2.85 bits per heavy atom. The van der Waals surface area contributed by atoms with Crippen LogP contribution in [0.25, 0.3) is 27.9 Å². The van der Waals surface area contributed by atoms with E-state index in [1.807, 2.05) is 12.3 Å². The first kappa shape index (κ1) is 10.2. The highest BCUT2D eigenvalue weighted by Crippen LogP contribution is 2.32. The number of aryl methyl sites for hydroxylation is 1. The highest BCUT2D eigenvalue weighted by molar-refractivity contribution is 5.87. The number of imidazole rings is 2. The fourth-order valence-corrected chi connectivity index (χ4v) is 3.39. The number of pyridine rings is 1. The minimum absolute atomic E-state index is 0.863. The number of nitrogens with zero attached hydrogens (tertiary/aromatic N) is 4. The fourth-order valence-electron chi connectivity index (χ4n) is 3.39. The molecule has 1 aliphatic rings. The van der Waals surface area contributed by atoms with E-state index in [0.717, 1.165) is 12.2 Å². The van der Waals surface area contributed by atoms with Crippen LogP contribution in [0, 0.1) is 0 Å². The van der Waals surface area contributed by atoms with E-state index in [1.54, 1.807) is 0 Å². The molecule has 0 atom stereocenters. The Balaban J connectivity index is 2.01. The van der Waals surface area contributed by atoms with Gasteiger partial charge in [0.25, 0.3) is 12.0 Å². The molecule has 1 aliphatic heterocycles. The van der Waals surface area contributed by atoms with E-state index in [2.05, 4.69) is 62.2 Å². The van der Waals surface area contributed by atoms with Gasteiger partial charge in [-0.15, -0.1) is 0 Å². The number of aromatic nitrogens is 4. The molecular weight excluding hydrogens is 248 g/mol. The van der Waals surface area contributed by atoms with Gasteiger partial charge in [-0.05, 0) is 24.3 Å². The van der Waals surface area contributed by atoms with E-state index < -0.39 is 0 Å². The molecule has 0 unspecified atom stereocenters. The Morgan fingerprint density at radius 2 is 1.95 bits per heavy atom. The number of hydrogen-bond acceptors (Lipinski definition) is 1. The molecule has 96 valence electrons. The minimum atomic E-state index is 0.863. The third-order valence-electron chi connectivity index (χ3n) is 4.27. The Morgan fingerprint density at radius 1 is 1.10 bits per heavy atom. The maximum absolute atomic E-state index is 4.50. The quantitative estimate of drug-likeness (QED) is 0.392. The molecular formula is C16H13N4+. The van der Waals surface area contributed by atoms with Crippen molar-refractivity contribution in [3.05, 3.63) is 54.6 Å². The van der Waals surface area contributed by atoms with Crippen molar-refractivity contribution < 1.29 is 4.57 Å². The van der Waals surface area contributed by atoms with E-state index >= 15 is 0 Å². The summed E-state index contributed by atoms with van der Waals surface area (Å²) in [4.78, 5) is 4.50. The number of benzene rings is 1. The summed E-state index contributed by atoms with van der Waals surface area (Å²) in [5, 5.41) is 0. The molecule has 4 nitrogen and oxygen atoms in total. The molecule has 4 aromatic rings. The summed E-state index contributed by atoms with van der Waals surface area (Å²) in [5.74, 6) is 0. The van der Waals surface area contributed by atoms with Gasteiger partial charge in [0, 0.05) is 13.2 Å². The standard InChI is InChI=1S/C16H13N4/c1-18-13-6-2-3-7-14(13)20-10-19-9-12-11(5-4-8-17-12)15(19)16(18)20/h2-8,10H,9H2,1H3/q+1. The molecule has 0 saturated heterocycles. The molecule has 0 N–H and O–H groups in total. The van der Waals surface area contributed by atoms with E-state index in [-0.39, 0.29) is 0 Å². The van der Waals surface area contributed by atoms with Crippen LogP contribution in [-0.4, -0.2) is 14.0 Å². The molecule has 4 heterocycles. The Kier molecular flexibility index (Phi) is 1.67. The lowest BCUT2D eigenvalue weighted by Crippen LogP contribution is -2.29. The van der Waals surface area contributed by atoms with E-state index in [9.17, 15) is 0 Å². The van der Waals surface area contributed by atoms with Gasteiger partial charge < -0.3 is 4.57 Å². The second-order valence-corrected chi connectivity index (χ2v) is 5.33. The van der Waals surface area contributed by atoms with Crippen molar-refractivity contribution in [1.82, 2.24) is 14.0 Å². The van der Waals surface area contributed by atoms with Crippen LogP contribution in [0.15, 0.2) is 48.9 Å². The predicted molar refractivity (Wildman–Crippen MR) is 76.4 cm³/mol. The topological polar surface area (TPSA) is 26.1 Å². The van der Waals surface area contributed by atoms with E-state index in [0.29, 0.717) is 0 Å². The van der Waals surface area contributed by atoms with Gasteiger partial charge >= 0.3 is 0 Å². The summed E-state index contributed by atoms with van der Waals surface area (Å²) in [7, 11) is 2.13. The summed E-state index contributed by atoms with van der Waals surface area (Å²) in [6.45, 7) is 0.863. The lowest BCUT2D eigenvalue weighted by molar-refractivity contribution is -0.671. The summed E-state index contributed by atoms with van der Waals surface area (Å²) in [6, 6.07) is 12.7. The number of rotatable bonds is 0. The zero-order chi connectivity index (χ0) is 13.3. The number of fused-ring (bicyclic) bond motifs is 7. The zero-order valence-corrected chi connectivity index (χ0v) is 11.1. The molecule has 20 heavy (non-hydrogen) atoms. The van der Waals surface area contributed by atoms with Gasteiger partial charge in [-0.2, -0.15) is 4.40 Å². The molecule has 0 spiro atoms. The van der Waals surface area contributed by atoms with Crippen molar-refractivity contribution in [2.75, 3.05) is 0 Å². The van der Waals surface area contributed by atoms with Gasteiger partial charge in [0.1, 0.15) is 6.54 Å². The first-order valence-corrected chi connectivity index (χ1v) is 6.77. The van der Waals surface area contributed by atoms with Gasteiger partial charge in [0.2, 0.25) is 5.69 Å². The largest absolute Gasteiger partial charge is 0.304 e. The molecule has 5 rings (SSSR count). The van der Waals surface area contributed by atoms with Gasteiger partial charge in [0.05, 0.1) is 16.8 Å². The van der Waals surface area contributed by atoms with Crippen LogP contribution < -0.4 is 4.57 Å². The second-order valence-electron chi connectivity index (χ2n) is 5.33. The molecule has 0 aliphatic carbocycles. The first-order chi connectivity index (χ1) is 9.84. The maximum Gasteiger partial charge on any atom is 0.255 e. The highest BCUT2D eigenvalue weighted by Gasteiger charge is 2.32. The molecule has 0 fully saturated rings. The number of para-hydroxylation sites is 2. The average Bonchev–Trinajstić information content (AvgIpc) is 3.08. The Hall–Kier alpha value is -2.62. The molecule has 1 aromatic carbocycles. The van der Waals surface area contributed by atoms with Crippen molar-refractivity contribution in [2.45, 2.75) is 6.54 Å². The van der Waals surface area contributed by atoms with E-state index in [1.165, 1.54) is 27.9 Å². The van der Waals surface area contributed by atoms with Crippen molar-refractivity contribution in [3.63, 3.8) is 0 Å². The van der Waals surface area contributed by atoms with Crippen molar-refractivity contribution >= 4 is 16.7 Å². The van der Waals surface area contributed by atoms with Crippen molar-refractivity contribution in [2.24, 2.45) is 7.05 Å². The monoisotopic (exact) mass is 261 g/mol. The normalized spacial score (nSPS) is 13.1. The van der Waals surface area contributed by atoms with Crippen LogP contribution >= 0.6 is 0 Å². The first-order valence-electron chi connectivity index (χ1n) is 6.77. The SMILES string of the molecule is Cn1c2ccccc2n2c[n+]3c(c12)-c1cccnc1C3. The molecule has 0 radical (unpaired) electrons. The number of hydrogen-bond donors (Lipinski definition) is 0. The second kappa shape index (κ2) is 3.28. The highest BCUT2D eigenvalue weighted by atomic mass is 15.2. The minimum Gasteiger partial charge on any atom is -0.304 e. The van der Waals surface area contributed by atoms with Crippen LogP contribution in [0.3, 0.4) is 0 Å². The van der Waals surface area contributed by atoms with Crippen LogP contribution in [-0.2, 0) is 13.6 Å². The van der Waals surface area contributed by atoms with Gasteiger partial charge in [-0.3, -0.25) is 4.98 Å². The van der Waals surface area contributed by atoms with Gasteiger partial charge in [-0.25, -0.2) is 4.57 Å². The fraction of sp³-hybridized carbons (Fsp3) is 0.125. The van der Waals surface area contributed by atoms with Crippen LogP contribution in [0.1, 0.15) is 5.69 Å². The summed E-state index contributed by atoms with van der Waals surface area (Å²) < 4.78 is 6.84. The molecule has 0 bridgehead atoms. The van der Waals surface area contributed by atoms with Crippen molar-refractivity contribution in [1.29, 1.82) is 0 Å². The lowest BCUT2D eigenvalue weighted by Gasteiger charge is -1.95. The third kappa shape index (κ3) is 1.04. The lowest BCUT2D eigenvalue weighted by atomic mass is 10.2. The van der Waals surface area contributed by atoms with Crippen LogP contribution in [0.2, 0.25) is 0 Å². The predicted octanol–water partition coefficient (Wildman–Crippen LogP) is 2.14. The molecule has 3 aromatic heterocycles. The van der Waals surface area contributed by atoms with Gasteiger partial charge in [-0.1, -0.05) is 12.1 Å². The average molecular weight is 261 g/mol. The van der Waals surface area contributed by atoms with Crippen LogP contribution in [0.5, 0.6) is 0 Å². The molecule has 0 amide bonds. The molecule has 0 saturated carbocycles. The van der Waals surface area contributed by atoms with Gasteiger partial charge in [0.15, 0.2) is 5.52 Å². The Labute approximate surface area is 115 Å². The summed E-state index contributed by atoms with van der Waals surface area (Å²) in [5.41, 5.74) is 7.42. The smallest absolute Gasteiger partial charge is 0.255 e. The molecule has 4 heteroatoms. The van der Waals surface area contributed by atoms with Crippen molar-refractivity contribution in [3.8, 4) is 11.3 Å². The maximum atomic E-state index is 4.50. The zero-order valence-electron chi connectivity index (χ0n) is 11.1. The summed E-state index contributed by atoms with van der Waals surface area (Å²) >= 11 is 0. The third-order valence-corrected chi connectivity index (χ3v) is 4.27. The van der Waals surface area contributed by atoms with E-state index in [4.69, 9.17) is 0 Å².